The number of aryl methyl sites for hydroxylation is 1. The molecule has 1 unspecified atom stereocenters. The van der Waals surface area contributed by atoms with Crippen LogP contribution in [0.1, 0.15) is 18.1 Å². The van der Waals surface area contributed by atoms with E-state index in [-0.39, 0.29) is 29.7 Å². The number of aromatic nitrogens is 2. The lowest BCUT2D eigenvalue weighted by Gasteiger charge is -2.31. The topological polar surface area (TPSA) is 117 Å². The Kier molecular flexibility index (Phi) is 7.19. The lowest BCUT2D eigenvalue weighted by molar-refractivity contribution is -0.137. The number of nitrogen functional groups attached to an aromatic ring is 1. The van der Waals surface area contributed by atoms with Gasteiger partial charge in [-0.2, -0.15) is 18.2 Å². The Hall–Kier alpha value is -4.10. The van der Waals surface area contributed by atoms with E-state index in [9.17, 15) is 23.1 Å². The first-order valence-corrected chi connectivity index (χ1v) is 12.4. The summed E-state index contributed by atoms with van der Waals surface area (Å²) in [5.74, 6) is 0.778. The Balaban J connectivity index is 1.42. The van der Waals surface area contributed by atoms with Crippen molar-refractivity contribution in [3.8, 4) is 11.6 Å². The molecule has 2 fully saturated rings. The number of nitrogens with zero attached hydrogens (tertiary/aromatic N) is 5. The van der Waals surface area contributed by atoms with Crippen LogP contribution in [0.4, 0.5) is 41.0 Å². The number of aliphatic hydroxyl groups is 1. The fourth-order valence-electron chi connectivity index (χ4n) is 4.70. The van der Waals surface area contributed by atoms with Crippen LogP contribution in [-0.2, 0) is 17.3 Å². The van der Waals surface area contributed by atoms with E-state index in [1.807, 2.05) is 6.92 Å². The minimum Gasteiger partial charge on any atom is -0.439 e. The molecule has 0 spiro atoms. The SMILES string of the molecule is CCc1cc(N2C(=O)N(c3ccc(N4CCOCC4)c(C(F)(F)F)c3)CC2O)ccc1Oc1ccnc(N)n1. The number of urea groups is 1. The van der Waals surface area contributed by atoms with Gasteiger partial charge in [0, 0.05) is 42.4 Å². The minimum absolute atomic E-state index is 0.0345. The first-order valence-electron chi connectivity index (χ1n) is 12.4. The Morgan fingerprint density at radius 2 is 1.87 bits per heavy atom. The zero-order chi connectivity index (χ0) is 27.7. The number of amides is 2. The van der Waals surface area contributed by atoms with E-state index in [1.54, 1.807) is 29.2 Å². The van der Waals surface area contributed by atoms with E-state index in [0.29, 0.717) is 44.2 Å². The molecule has 10 nitrogen and oxygen atoms in total. The van der Waals surface area contributed by atoms with Crippen LogP contribution < -0.4 is 25.2 Å². The maximum Gasteiger partial charge on any atom is 0.418 e. The molecular weight excluding hydrogens is 517 g/mol. The Labute approximate surface area is 222 Å². The average Bonchev–Trinajstić information content (AvgIpc) is 3.22. The number of anilines is 4. The fraction of sp³-hybridized carbons (Fsp3) is 0.346. The number of carbonyl (C=O) groups is 1. The number of benzene rings is 2. The highest BCUT2D eigenvalue weighted by molar-refractivity contribution is 6.06. The molecule has 2 aromatic carbocycles. The van der Waals surface area contributed by atoms with Gasteiger partial charge in [0.25, 0.3) is 0 Å². The smallest absolute Gasteiger partial charge is 0.418 e. The third-order valence-corrected chi connectivity index (χ3v) is 6.60. The predicted molar refractivity (Wildman–Crippen MR) is 138 cm³/mol. The molecule has 0 bridgehead atoms. The lowest BCUT2D eigenvalue weighted by atomic mass is 10.1. The average molecular weight is 545 g/mol. The van der Waals surface area contributed by atoms with Crippen LogP contribution in [0.5, 0.6) is 11.6 Å². The summed E-state index contributed by atoms with van der Waals surface area (Å²) in [5.41, 5.74) is 5.94. The van der Waals surface area contributed by atoms with E-state index in [0.717, 1.165) is 21.4 Å². The number of morpholine rings is 1. The highest BCUT2D eigenvalue weighted by atomic mass is 19.4. The van der Waals surface area contributed by atoms with Crippen molar-refractivity contribution in [2.75, 3.05) is 53.3 Å². The maximum absolute atomic E-state index is 14.0. The number of carbonyl (C=O) groups excluding carboxylic acids is 1. The number of hydrogen-bond acceptors (Lipinski definition) is 8. The van der Waals surface area contributed by atoms with Crippen LogP contribution in [0.15, 0.2) is 48.7 Å². The molecule has 1 aromatic heterocycles. The molecule has 0 saturated carbocycles. The van der Waals surface area contributed by atoms with Gasteiger partial charge in [0.05, 0.1) is 25.3 Å². The van der Waals surface area contributed by atoms with Gasteiger partial charge in [-0.3, -0.25) is 9.80 Å². The second-order valence-corrected chi connectivity index (χ2v) is 9.04. The Morgan fingerprint density at radius 1 is 1.13 bits per heavy atom. The molecule has 1 atom stereocenters. The van der Waals surface area contributed by atoms with Gasteiger partial charge in [0.1, 0.15) is 5.75 Å². The molecule has 0 aliphatic carbocycles. The van der Waals surface area contributed by atoms with E-state index in [2.05, 4.69) is 9.97 Å². The molecule has 2 amide bonds. The summed E-state index contributed by atoms with van der Waals surface area (Å²) in [6.45, 7) is 3.03. The standard InChI is InChI=1S/C26H27F3N6O4/c1-2-16-13-18(4-6-21(16)39-22-7-8-31-24(30)32-22)35-23(36)15-34(25(35)37)17-3-5-20(19(14-17)26(27,28)29)33-9-11-38-12-10-33/h3-8,13-14,23,36H,2,9-12,15H2,1H3,(H2,30,31,32). The van der Waals surface area contributed by atoms with E-state index < -0.39 is 24.0 Å². The molecule has 2 aliphatic heterocycles. The molecular formula is C26H27F3N6O4. The van der Waals surface area contributed by atoms with Crippen molar-refractivity contribution < 1.29 is 32.5 Å². The summed E-state index contributed by atoms with van der Waals surface area (Å²) in [4.78, 5) is 25.2. The highest BCUT2D eigenvalue weighted by Gasteiger charge is 2.41. The number of rotatable bonds is 6. The van der Waals surface area contributed by atoms with E-state index in [1.165, 1.54) is 18.3 Å². The highest BCUT2D eigenvalue weighted by Crippen LogP contribution is 2.41. The van der Waals surface area contributed by atoms with Crippen LogP contribution in [-0.4, -0.2) is 60.2 Å². The summed E-state index contributed by atoms with van der Waals surface area (Å²) in [6.07, 6.45) is -3.92. The minimum atomic E-state index is -4.63. The molecule has 5 rings (SSSR count). The third kappa shape index (κ3) is 5.40. The number of nitrogens with two attached hydrogens (primary N) is 1. The maximum atomic E-state index is 14.0. The van der Waals surface area contributed by atoms with Gasteiger partial charge in [0.2, 0.25) is 11.8 Å². The van der Waals surface area contributed by atoms with Crippen molar-refractivity contribution >= 4 is 29.0 Å². The third-order valence-electron chi connectivity index (χ3n) is 6.60. The molecule has 3 aromatic rings. The van der Waals surface area contributed by atoms with Crippen molar-refractivity contribution in [1.82, 2.24) is 9.97 Å². The van der Waals surface area contributed by atoms with Gasteiger partial charge in [-0.05, 0) is 48.4 Å². The Bertz CT molecular complexity index is 1370. The summed E-state index contributed by atoms with van der Waals surface area (Å²) in [6, 6.07) is 9.61. The summed E-state index contributed by atoms with van der Waals surface area (Å²) < 4.78 is 53.2. The number of halogens is 3. The van der Waals surface area contributed by atoms with Gasteiger partial charge < -0.3 is 25.2 Å². The number of alkyl halides is 3. The fourth-order valence-corrected chi connectivity index (χ4v) is 4.70. The van der Waals surface area contributed by atoms with Gasteiger partial charge in [-0.1, -0.05) is 6.92 Å². The number of hydrogen-bond donors (Lipinski definition) is 2. The quantitative estimate of drug-likeness (QED) is 0.478. The molecule has 206 valence electrons. The van der Waals surface area contributed by atoms with Crippen molar-refractivity contribution in [2.45, 2.75) is 25.7 Å². The summed E-state index contributed by atoms with van der Waals surface area (Å²) in [5, 5.41) is 10.8. The normalized spacial score (nSPS) is 18.1. The molecule has 0 radical (unpaired) electrons. The van der Waals surface area contributed by atoms with Crippen LogP contribution in [0.25, 0.3) is 0 Å². The van der Waals surface area contributed by atoms with Crippen molar-refractivity contribution in [3.05, 3.63) is 59.8 Å². The second kappa shape index (κ2) is 10.6. The Morgan fingerprint density at radius 3 is 2.56 bits per heavy atom. The molecule has 39 heavy (non-hydrogen) atoms. The molecule has 3 heterocycles. The van der Waals surface area contributed by atoms with Gasteiger partial charge in [-0.15, -0.1) is 0 Å². The van der Waals surface area contributed by atoms with Crippen molar-refractivity contribution in [1.29, 1.82) is 0 Å². The summed E-state index contributed by atoms with van der Waals surface area (Å²) >= 11 is 0. The zero-order valence-corrected chi connectivity index (χ0v) is 21.1. The first-order chi connectivity index (χ1) is 18.7. The van der Waals surface area contributed by atoms with Crippen LogP contribution in [0, 0.1) is 0 Å². The molecule has 3 N–H and O–H groups in total. The van der Waals surface area contributed by atoms with Gasteiger partial charge in [-0.25, -0.2) is 9.78 Å². The molecule has 2 aliphatic rings. The van der Waals surface area contributed by atoms with Crippen molar-refractivity contribution in [2.24, 2.45) is 0 Å². The monoisotopic (exact) mass is 544 g/mol. The van der Waals surface area contributed by atoms with Gasteiger partial charge >= 0.3 is 12.2 Å². The summed E-state index contributed by atoms with van der Waals surface area (Å²) in [7, 11) is 0. The second-order valence-electron chi connectivity index (χ2n) is 9.04. The van der Waals surface area contributed by atoms with E-state index in [4.69, 9.17) is 15.2 Å². The van der Waals surface area contributed by atoms with Crippen LogP contribution in [0.3, 0.4) is 0 Å². The first kappa shape index (κ1) is 26.5. The predicted octanol–water partition coefficient (Wildman–Crippen LogP) is 4.03. The van der Waals surface area contributed by atoms with Crippen LogP contribution >= 0.6 is 0 Å². The lowest BCUT2D eigenvalue weighted by Crippen LogP contribution is -2.37. The zero-order valence-electron chi connectivity index (χ0n) is 21.1. The largest absolute Gasteiger partial charge is 0.439 e. The molecule has 13 heteroatoms. The number of β-amino-alcohol motifs (C(OH)–C–C–N with tert-alkyl or cyclic N) is 1. The number of ether oxygens (including phenoxy) is 2. The van der Waals surface area contributed by atoms with E-state index >= 15 is 0 Å². The van der Waals surface area contributed by atoms with Gasteiger partial charge in [0.15, 0.2) is 6.23 Å². The van der Waals surface area contributed by atoms with Crippen molar-refractivity contribution in [3.63, 3.8) is 0 Å². The molecule has 2 saturated heterocycles. The number of aliphatic hydroxyl groups excluding tert-OH is 1. The van der Waals surface area contributed by atoms with Crippen LogP contribution in [0.2, 0.25) is 0 Å².